The van der Waals surface area contributed by atoms with Crippen LogP contribution in [-0.2, 0) is 24.5 Å². The third kappa shape index (κ3) is 11.6. The zero-order valence-electron chi connectivity index (χ0n) is 29.5. The van der Waals surface area contributed by atoms with Gasteiger partial charge in [0, 0.05) is 16.9 Å². The van der Waals surface area contributed by atoms with Crippen molar-refractivity contribution in [1.82, 2.24) is 0 Å². The maximum absolute atomic E-state index is 12.6. The van der Waals surface area contributed by atoms with Gasteiger partial charge in [-0.2, -0.15) is 0 Å². The summed E-state index contributed by atoms with van der Waals surface area (Å²) in [6, 6.07) is 16.3. The fourth-order valence-electron chi connectivity index (χ4n) is 5.54. The smallest absolute Gasteiger partial charge is 0.331 e. The highest BCUT2D eigenvalue weighted by Gasteiger charge is 2.28. The molecule has 4 unspecified atom stereocenters. The van der Waals surface area contributed by atoms with Crippen molar-refractivity contribution in [2.24, 2.45) is 5.41 Å². The summed E-state index contributed by atoms with van der Waals surface area (Å²) >= 11 is 0. The molecule has 0 aromatic heterocycles. The minimum Gasteiger partial charge on any atom is -0.491 e. The molecule has 2 rings (SSSR count). The summed E-state index contributed by atoms with van der Waals surface area (Å²) in [5, 5.41) is 0. The highest BCUT2D eigenvalue weighted by molar-refractivity contribution is 5.99. The third-order valence-corrected chi connectivity index (χ3v) is 9.00. The molecular weight excluding hydrogens is 564 g/mol. The van der Waals surface area contributed by atoms with Crippen LogP contribution in [0, 0.1) is 5.41 Å². The highest BCUT2D eigenvalue weighted by Crippen LogP contribution is 2.34. The highest BCUT2D eigenvalue weighted by atomic mass is 16.6. The average Bonchev–Trinajstić information content (AvgIpc) is 3.02. The molecule has 0 amide bonds. The normalized spacial score (nSPS) is 16.0. The molecule has 2 aromatic carbocycles. The van der Waals surface area contributed by atoms with Crippen molar-refractivity contribution in [3.8, 4) is 11.5 Å². The molecule has 0 aliphatic heterocycles. The minimum absolute atomic E-state index is 0.00797. The zero-order chi connectivity index (χ0) is 33.7. The number of carbonyl (C=O) groups is 2. The molecule has 250 valence electrons. The average molecular weight is 623 g/mol. The number of carbonyl (C=O) groups excluding carboxylic acids is 2. The van der Waals surface area contributed by atoms with Crippen molar-refractivity contribution in [2.45, 2.75) is 131 Å². The predicted molar refractivity (Wildman–Crippen MR) is 183 cm³/mol. The standard InChI is InChI=1S/C39H58O6/c1-11-25-38(9,13-3)35(40)23-24-36(41)44-29(5)27-42-33-19-15-31(16-20-33)37(7,8)32-17-21-34(22-18-32)43-28-30(6)45-39(10,14-4)26-12-2/h15-24,29-30H,11-14,25-28H2,1-10H3/b24-23+. The molecule has 0 heterocycles. The fourth-order valence-corrected chi connectivity index (χ4v) is 5.54. The molecule has 0 aliphatic carbocycles. The first kappa shape index (κ1) is 38.1. The van der Waals surface area contributed by atoms with Gasteiger partial charge in [0.05, 0.1) is 11.7 Å². The number of ketones is 1. The van der Waals surface area contributed by atoms with Crippen molar-refractivity contribution in [1.29, 1.82) is 0 Å². The van der Waals surface area contributed by atoms with E-state index in [1.807, 2.05) is 38.1 Å². The third-order valence-electron chi connectivity index (χ3n) is 9.00. The number of benzene rings is 2. The Morgan fingerprint density at radius 2 is 1.18 bits per heavy atom. The van der Waals surface area contributed by atoms with Crippen LogP contribution in [0.3, 0.4) is 0 Å². The maximum Gasteiger partial charge on any atom is 0.331 e. The van der Waals surface area contributed by atoms with Crippen LogP contribution in [0.2, 0.25) is 0 Å². The van der Waals surface area contributed by atoms with Crippen LogP contribution in [-0.4, -0.2) is 42.8 Å². The Hall–Kier alpha value is -3.12. The molecule has 0 radical (unpaired) electrons. The molecule has 0 aliphatic rings. The fraction of sp³-hybridized carbons (Fsp3) is 0.590. The van der Waals surface area contributed by atoms with Gasteiger partial charge < -0.3 is 18.9 Å². The Morgan fingerprint density at radius 3 is 1.62 bits per heavy atom. The van der Waals surface area contributed by atoms with E-state index in [0.29, 0.717) is 12.4 Å². The van der Waals surface area contributed by atoms with Gasteiger partial charge in [-0.3, -0.25) is 4.79 Å². The minimum atomic E-state index is -0.544. The van der Waals surface area contributed by atoms with Crippen molar-refractivity contribution in [3.63, 3.8) is 0 Å². The number of hydrogen-bond donors (Lipinski definition) is 0. The van der Waals surface area contributed by atoms with Gasteiger partial charge in [-0.1, -0.05) is 85.6 Å². The van der Waals surface area contributed by atoms with Crippen LogP contribution in [0.5, 0.6) is 11.5 Å². The Morgan fingerprint density at radius 1 is 0.689 bits per heavy atom. The van der Waals surface area contributed by atoms with E-state index >= 15 is 0 Å². The lowest BCUT2D eigenvalue weighted by Crippen LogP contribution is -2.34. The maximum atomic E-state index is 12.6. The Labute approximate surface area is 272 Å². The predicted octanol–water partition coefficient (Wildman–Crippen LogP) is 9.42. The molecule has 6 nitrogen and oxygen atoms in total. The van der Waals surface area contributed by atoms with Crippen LogP contribution in [0.25, 0.3) is 0 Å². The van der Waals surface area contributed by atoms with Crippen LogP contribution in [0.15, 0.2) is 60.7 Å². The summed E-state index contributed by atoms with van der Waals surface area (Å²) < 4.78 is 23.7. The van der Waals surface area contributed by atoms with E-state index in [2.05, 4.69) is 72.7 Å². The van der Waals surface area contributed by atoms with Crippen molar-refractivity contribution in [2.75, 3.05) is 13.2 Å². The van der Waals surface area contributed by atoms with Gasteiger partial charge >= 0.3 is 5.97 Å². The van der Waals surface area contributed by atoms with Gasteiger partial charge in [0.2, 0.25) is 0 Å². The monoisotopic (exact) mass is 622 g/mol. The second-order valence-corrected chi connectivity index (χ2v) is 13.4. The van der Waals surface area contributed by atoms with Gasteiger partial charge in [0.25, 0.3) is 0 Å². The number of esters is 1. The van der Waals surface area contributed by atoms with Gasteiger partial charge in [0.15, 0.2) is 5.78 Å². The van der Waals surface area contributed by atoms with Gasteiger partial charge in [-0.05, 0) is 87.9 Å². The summed E-state index contributed by atoms with van der Waals surface area (Å²) in [6.45, 7) is 21.5. The van der Waals surface area contributed by atoms with Crippen LogP contribution < -0.4 is 9.47 Å². The van der Waals surface area contributed by atoms with E-state index in [-0.39, 0.29) is 29.5 Å². The summed E-state index contributed by atoms with van der Waals surface area (Å²) in [5.41, 5.74) is 1.54. The lowest BCUT2D eigenvalue weighted by Gasteiger charge is -2.32. The summed E-state index contributed by atoms with van der Waals surface area (Å²) in [4.78, 5) is 24.8. The first-order chi connectivity index (χ1) is 21.2. The topological polar surface area (TPSA) is 71.1 Å². The molecular formula is C39H58O6. The SMILES string of the molecule is CCCC(C)(CC)OC(C)COc1ccc(C(C)(C)c2ccc(OCC(C)OC(=O)/C=C/C(=O)C(C)(CC)CCC)cc2)cc1. The van der Waals surface area contributed by atoms with Crippen LogP contribution in [0.4, 0.5) is 0 Å². The first-order valence-corrected chi connectivity index (χ1v) is 16.8. The van der Waals surface area contributed by atoms with Crippen LogP contribution in [0.1, 0.15) is 119 Å². The second kappa shape index (κ2) is 17.5. The zero-order valence-corrected chi connectivity index (χ0v) is 29.5. The molecule has 0 spiro atoms. The second-order valence-electron chi connectivity index (χ2n) is 13.4. The number of rotatable bonds is 20. The van der Waals surface area contributed by atoms with E-state index < -0.39 is 17.5 Å². The Bertz CT molecular complexity index is 1220. The van der Waals surface area contributed by atoms with Gasteiger partial charge in [0.1, 0.15) is 30.8 Å². The largest absolute Gasteiger partial charge is 0.491 e. The van der Waals surface area contributed by atoms with Crippen molar-refractivity contribution >= 4 is 11.8 Å². The van der Waals surface area contributed by atoms with Gasteiger partial charge in [-0.25, -0.2) is 4.79 Å². The Balaban J connectivity index is 1.89. The quantitative estimate of drug-likeness (QED) is 0.108. The number of hydrogen-bond acceptors (Lipinski definition) is 6. The van der Waals surface area contributed by atoms with E-state index in [4.69, 9.17) is 18.9 Å². The molecule has 0 saturated carbocycles. The van der Waals surface area contributed by atoms with E-state index in [9.17, 15) is 9.59 Å². The number of allylic oxidation sites excluding steroid dienone is 1. The first-order valence-electron chi connectivity index (χ1n) is 16.8. The summed E-state index contributed by atoms with van der Waals surface area (Å²) in [7, 11) is 0. The van der Waals surface area contributed by atoms with Crippen molar-refractivity contribution < 1.29 is 28.5 Å². The lowest BCUT2D eigenvalue weighted by atomic mass is 9.78. The lowest BCUT2D eigenvalue weighted by molar-refractivity contribution is -0.143. The molecule has 0 bridgehead atoms. The Kier molecular flexibility index (Phi) is 14.8. The van der Waals surface area contributed by atoms with E-state index in [0.717, 1.165) is 49.8 Å². The molecule has 6 heteroatoms. The molecule has 4 atom stereocenters. The van der Waals surface area contributed by atoms with E-state index in [1.165, 1.54) is 17.7 Å². The number of ether oxygens (including phenoxy) is 4. The van der Waals surface area contributed by atoms with Gasteiger partial charge in [-0.15, -0.1) is 0 Å². The molecule has 2 aromatic rings. The van der Waals surface area contributed by atoms with E-state index in [1.54, 1.807) is 6.92 Å². The van der Waals surface area contributed by atoms with Crippen LogP contribution >= 0.6 is 0 Å². The molecule has 45 heavy (non-hydrogen) atoms. The molecule has 0 saturated heterocycles. The summed E-state index contributed by atoms with van der Waals surface area (Å²) in [6.07, 6.45) is 7.67. The summed E-state index contributed by atoms with van der Waals surface area (Å²) in [5.74, 6) is 0.935. The molecule has 0 N–H and O–H groups in total. The molecule has 0 fully saturated rings. The van der Waals surface area contributed by atoms with Crippen molar-refractivity contribution in [3.05, 3.63) is 71.8 Å².